The maximum absolute atomic E-state index is 12.5. The third-order valence-corrected chi connectivity index (χ3v) is 2.68. The van der Waals surface area contributed by atoms with Crippen LogP contribution in [0.25, 0.3) is 0 Å². The van der Waals surface area contributed by atoms with Crippen molar-refractivity contribution in [2.24, 2.45) is 0 Å². The Morgan fingerprint density at radius 1 is 1.11 bits per heavy atom. The number of para-hydroxylation sites is 1. The highest BCUT2D eigenvalue weighted by molar-refractivity contribution is 6.06. The van der Waals surface area contributed by atoms with E-state index < -0.39 is 0 Å². The van der Waals surface area contributed by atoms with Crippen LogP contribution in [0.1, 0.15) is 24.2 Å². The average molecular weight is 240 g/mol. The lowest BCUT2D eigenvalue weighted by Gasteiger charge is -2.26. The summed E-state index contributed by atoms with van der Waals surface area (Å²) in [6.07, 6.45) is 3.26. The van der Waals surface area contributed by atoms with Crippen LogP contribution < -0.4 is 4.90 Å². The fourth-order valence-electron chi connectivity index (χ4n) is 1.87. The normalized spacial score (nSPS) is 10.4. The molecular formula is C15H16N2O. The van der Waals surface area contributed by atoms with Gasteiger partial charge in [0.15, 0.2) is 0 Å². The summed E-state index contributed by atoms with van der Waals surface area (Å²) >= 11 is 0. The van der Waals surface area contributed by atoms with Crippen LogP contribution in [-0.4, -0.2) is 16.9 Å². The molecule has 1 heterocycles. The minimum Gasteiger partial charge on any atom is -0.306 e. The van der Waals surface area contributed by atoms with E-state index in [4.69, 9.17) is 0 Å². The van der Waals surface area contributed by atoms with Gasteiger partial charge in [-0.3, -0.25) is 9.78 Å². The maximum atomic E-state index is 12.5. The molecule has 0 aliphatic heterocycles. The molecule has 0 unspecified atom stereocenters. The standard InChI is InChI=1S/C15H16N2O/c1-12(2)17(14-8-4-3-5-9-14)15(18)13-7-6-10-16-11-13/h3-12H,1-2H3. The van der Waals surface area contributed by atoms with Crippen LogP contribution in [0.15, 0.2) is 54.9 Å². The second-order valence-corrected chi connectivity index (χ2v) is 4.35. The number of rotatable bonds is 3. The molecule has 2 rings (SSSR count). The van der Waals surface area contributed by atoms with Gasteiger partial charge < -0.3 is 4.90 Å². The zero-order valence-corrected chi connectivity index (χ0v) is 10.6. The van der Waals surface area contributed by atoms with Gasteiger partial charge in [-0.05, 0) is 38.1 Å². The van der Waals surface area contributed by atoms with Crippen molar-refractivity contribution in [1.29, 1.82) is 0 Å². The predicted molar refractivity (Wildman–Crippen MR) is 72.6 cm³/mol. The first-order chi connectivity index (χ1) is 8.70. The van der Waals surface area contributed by atoms with Crippen LogP contribution in [0.4, 0.5) is 5.69 Å². The fourth-order valence-corrected chi connectivity index (χ4v) is 1.87. The van der Waals surface area contributed by atoms with Crippen molar-refractivity contribution in [1.82, 2.24) is 4.98 Å². The fraction of sp³-hybridized carbons (Fsp3) is 0.200. The number of aromatic nitrogens is 1. The molecule has 1 amide bonds. The van der Waals surface area contributed by atoms with E-state index >= 15 is 0 Å². The molecule has 0 spiro atoms. The van der Waals surface area contributed by atoms with E-state index in [1.807, 2.05) is 44.2 Å². The number of nitrogens with zero attached hydrogens (tertiary/aromatic N) is 2. The monoisotopic (exact) mass is 240 g/mol. The molecule has 0 aliphatic carbocycles. The zero-order valence-electron chi connectivity index (χ0n) is 10.6. The highest BCUT2D eigenvalue weighted by atomic mass is 16.2. The predicted octanol–water partition coefficient (Wildman–Crippen LogP) is 3.14. The molecule has 0 saturated carbocycles. The van der Waals surface area contributed by atoms with Crippen LogP contribution in [0.2, 0.25) is 0 Å². The van der Waals surface area contributed by atoms with E-state index in [2.05, 4.69) is 4.98 Å². The summed E-state index contributed by atoms with van der Waals surface area (Å²) < 4.78 is 0. The van der Waals surface area contributed by atoms with Gasteiger partial charge in [0.1, 0.15) is 0 Å². The lowest BCUT2D eigenvalue weighted by molar-refractivity contribution is 0.0980. The largest absolute Gasteiger partial charge is 0.306 e. The van der Waals surface area contributed by atoms with Crippen LogP contribution in [0.3, 0.4) is 0 Å². The molecule has 3 nitrogen and oxygen atoms in total. The van der Waals surface area contributed by atoms with Crippen molar-refractivity contribution < 1.29 is 4.79 Å². The maximum Gasteiger partial charge on any atom is 0.260 e. The number of pyridine rings is 1. The Balaban J connectivity index is 2.35. The van der Waals surface area contributed by atoms with E-state index in [1.54, 1.807) is 29.4 Å². The van der Waals surface area contributed by atoms with Gasteiger partial charge in [-0.2, -0.15) is 0 Å². The number of carbonyl (C=O) groups excluding carboxylic acids is 1. The van der Waals surface area contributed by atoms with E-state index in [1.165, 1.54) is 0 Å². The number of hydrogen-bond donors (Lipinski definition) is 0. The van der Waals surface area contributed by atoms with Gasteiger partial charge in [-0.25, -0.2) is 0 Å². The highest BCUT2D eigenvalue weighted by Crippen LogP contribution is 2.19. The number of benzene rings is 1. The summed E-state index contributed by atoms with van der Waals surface area (Å²) in [7, 11) is 0. The molecule has 0 N–H and O–H groups in total. The number of anilines is 1. The van der Waals surface area contributed by atoms with Gasteiger partial charge in [0, 0.05) is 24.1 Å². The summed E-state index contributed by atoms with van der Waals surface area (Å²) in [4.78, 5) is 18.2. The minimum atomic E-state index is -0.0238. The molecule has 0 aliphatic rings. The van der Waals surface area contributed by atoms with Crippen molar-refractivity contribution in [3.63, 3.8) is 0 Å². The Hall–Kier alpha value is -2.16. The van der Waals surface area contributed by atoms with E-state index in [-0.39, 0.29) is 11.9 Å². The summed E-state index contributed by atoms with van der Waals surface area (Å²) in [6.45, 7) is 4.00. The Kier molecular flexibility index (Phi) is 3.72. The first-order valence-electron chi connectivity index (χ1n) is 5.99. The van der Waals surface area contributed by atoms with Gasteiger partial charge in [-0.15, -0.1) is 0 Å². The number of amides is 1. The lowest BCUT2D eigenvalue weighted by Crippen LogP contribution is -2.37. The Morgan fingerprint density at radius 2 is 1.83 bits per heavy atom. The molecule has 3 heteroatoms. The zero-order chi connectivity index (χ0) is 13.0. The van der Waals surface area contributed by atoms with Gasteiger partial charge in [0.05, 0.1) is 5.56 Å². The second kappa shape index (κ2) is 5.45. The summed E-state index contributed by atoms with van der Waals surface area (Å²) in [5, 5.41) is 0. The SMILES string of the molecule is CC(C)N(C(=O)c1cccnc1)c1ccccc1. The molecule has 92 valence electrons. The minimum absolute atomic E-state index is 0.0238. The molecule has 0 saturated heterocycles. The van der Waals surface area contributed by atoms with Crippen molar-refractivity contribution >= 4 is 11.6 Å². The van der Waals surface area contributed by atoms with Gasteiger partial charge in [0.2, 0.25) is 0 Å². The van der Waals surface area contributed by atoms with Crippen molar-refractivity contribution in [2.45, 2.75) is 19.9 Å². The third kappa shape index (κ3) is 2.56. The smallest absolute Gasteiger partial charge is 0.260 e. The van der Waals surface area contributed by atoms with Crippen molar-refractivity contribution in [3.05, 3.63) is 60.4 Å². The van der Waals surface area contributed by atoms with Crippen LogP contribution in [0.5, 0.6) is 0 Å². The third-order valence-electron chi connectivity index (χ3n) is 2.68. The Labute approximate surface area is 107 Å². The Morgan fingerprint density at radius 3 is 2.39 bits per heavy atom. The number of hydrogen-bond acceptors (Lipinski definition) is 2. The summed E-state index contributed by atoms with van der Waals surface area (Å²) in [5.41, 5.74) is 1.51. The molecule has 18 heavy (non-hydrogen) atoms. The number of carbonyl (C=O) groups is 1. The summed E-state index contributed by atoms with van der Waals surface area (Å²) in [5.74, 6) is -0.0238. The first kappa shape index (κ1) is 12.3. The van der Waals surface area contributed by atoms with Crippen molar-refractivity contribution in [3.8, 4) is 0 Å². The molecule has 0 bridgehead atoms. The van der Waals surface area contributed by atoms with Crippen LogP contribution in [-0.2, 0) is 0 Å². The lowest BCUT2D eigenvalue weighted by atomic mass is 10.2. The first-order valence-corrected chi connectivity index (χ1v) is 5.99. The quantitative estimate of drug-likeness (QED) is 0.825. The van der Waals surface area contributed by atoms with E-state index in [0.29, 0.717) is 5.56 Å². The van der Waals surface area contributed by atoms with Crippen molar-refractivity contribution in [2.75, 3.05) is 4.90 Å². The topological polar surface area (TPSA) is 33.2 Å². The molecule has 2 aromatic rings. The average Bonchev–Trinajstić information content (AvgIpc) is 2.40. The molecule has 0 atom stereocenters. The van der Waals surface area contributed by atoms with Crippen LogP contribution in [0, 0.1) is 0 Å². The Bertz CT molecular complexity index is 509. The van der Waals surface area contributed by atoms with Gasteiger partial charge in [0.25, 0.3) is 5.91 Å². The molecular weight excluding hydrogens is 224 g/mol. The molecule has 1 aromatic carbocycles. The van der Waals surface area contributed by atoms with E-state index in [0.717, 1.165) is 5.69 Å². The van der Waals surface area contributed by atoms with Gasteiger partial charge in [-0.1, -0.05) is 18.2 Å². The van der Waals surface area contributed by atoms with E-state index in [9.17, 15) is 4.79 Å². The van der Waals surface area contributed by atoms with Crippen LogP contribution >= 0.6 is 0 Å². The second-order valence-electron chi connectivity index (χ2n) is 4.35. The highest BCUT2D eigenvalue weighted by Gasteiger charge is 2.20. The molecule has 0 fully saturated rings. The molecule has 1 aromatic heterocycles. The summed E-state index contributed by atoms with van der Waals surface area (Å²) in [6, 6.07) is 13.3. The molecule has 0 radical (unpaired) electrons. The van der Waals surface area contributed by atoms with Gasteiger partial charge >= 0.3 is 0 Å².